The lowest BCUT2D eigenvalue weighted by molar-refractivity contribution is -0.152. The van der Waals surface area contributed by atoms with Gasteiger partial charge in [-0.15, -0.1) is 0 Å². The highest BCUT2D eigenvalue weighted by molar-refractivity contribution is 6.35. The topological polar surface area (TPSA) is 57.7 Å². The standard InChI is InChI=1S/C21H17Cl2NO4/c1-14(21(25)26-13-15-5-3-2-4-6-15)27-17-7-9-18(10-8-17)28-20-19(23)11-16(22)12-24-20/h2-12,14H,13H2,1H3. The minimum Gasteiger partial charge on any atom is -0.479 e. The van der Waals surface area contributed by atoms with E-state index in [1.807, 2.05) is 30.3 Å². The highest BCUT2D eigenvalue weighted by Crippen LogP contribution is 2.30. The molecule has 0 bridgehead atoms. The largest absolute Gasteiger partial charge is 0.479 e. The molecular weight excluding hydrogens is 401 g/mol. The van der Waals surface area contributed by atoms with Crippen LogP contribution >= 0.6 is 23.2 Å². The van der Waals surface area contributed by atoms with Crippen molar-refractivity contribution >= 4 is 29.2 Å². The summed E-state index contributed by atoms with van der Waals surface area (Å²) in [5.41, 5.74) is 0.916. The predicted octanol–water partition coefficient (Wildman–Crippen LogP) is 5.69. The van der Waals surface area contributed by atoms with Crippen LogP contribution in [0.3, 0.4) is 0 Å². The van der Waals surface area contributed by atoms with Crippen LogP contribution in [0, 0.1) is 0 Å². The number of ether oxygens (including phenoxy) is 3. The van der Waals surface area contributed by atoms with Crippen LogP contribution < -0.4 is 9.47 Å². The van der Waals surface area contributed by atoms with Crippen LogP contribution in [0.5, 0.6) is 17.4 Å². The van der Waals surface area contributed by atoms with Gasteiger partial charge in [0.25, 0.3) is 0 Å². The Morgan fingerprint density at radius 1 is 1.04 bits per heavy atom. The van der Waals surface area contributed by atoms with Crippen LogP contribution in [0.4, 0.5) is 0 Å². The molecule has 2 aromatic carbocycles. The zero-order valence-electron chi connectivity index (χ0n) is 15.0. The Balaban J connectivity index is 1.53. The van der Waals surface area contributed by atoms with Crippen molar-refractivity contribution in [3.8, 4) is 17.4 Å². The van der Waals surface area contributed by atoms with Gasteiger partial charge in [0.1, 0.15) is 23.1 Å². The molecule has 1 unspecified atom stereocenters. The second-order valence-corrected chi connectivity index (χ2v) is 6.71. The minimum absolute atomic E-state index is 0.203. The third kappa shape index (κ3) is 5.62. The van der Waals surface area contributed by atoms with Gasteiger partial charge in [0.2, 0.25) is 5.88 Å². The summed E-state index contributed by atoms with van der Waals surface area (Å²) in [7, 11) is 0. The summed E-state index contributed by atoms with van der Waals surface area (Å²) in [6.07, 6.45) is 0.700. The lowest BCUT2D eigenvalue weighted by atomic mass is 10.2. The van der Waals surface area contributed by atoms with E-state index in [-0.39, 0.29) is 12.5 Å². The summed E-state index contributed by atoms with van der Waals surface area (Å²) >= 11 is 11.9. The zero-order chi connectivity index (χ0) is 19.9. The van der Waals surface area contributed by atoms with Gasteiger partial charge in [-0.1, -0.05) is 53.5 Å². The van der Waals surface area contributed by atoms with Crippen LogP contribution in [-0.2, 0) is 16.1 Å². The van der Waals surface area contributed by atoms with Gasteiger partial charge in [0.05, 0.1) is 5.02 Å². The first-order valence-electron chi connectivity index (χ1n) is 8.47. The van der Waals surface area contributed by atoms with Crippen LogP contribution in [0.2, 0.25) is 10.0 Å². The van der Waals surface area contributed by atoms with Gasteiger partial charge in [-0.05, 0) is 42.8 Å². The number of halogens is 2. The van der Waals surface area contributed by atoms with Crippen LogP contribution in [0.25, 0.3) is 0 Å². The third-order valence-corrected chi connectivity index (χ3v) is 4.16. The molecular formula is C21H17Cl2NO4. The summed E-state index contributed by atoms with van der Waals surface area (Å²) in [5, 5.41) is 0.733. The molecule has 0 amide bonds. The van der Waals surface area contributed by atoms with E-state index in [0.29, 0.717) is 21.5 Å². The first-order chi connectivity index (χ1) is 13.5. The Kier molecular flexibility index (Phi) is 6.74. The van der Waals surface area contributed by atoms with E-state index in [1.54, 1.807) is 37.3 Å². The molecule has 5 nitrogen and oxygen atoms in total. The number of nitrogens with zero attached hydrogens (tertiary/aromatic N) is 1. The fourth-order valence-corrected chi connectivity index (χ4v) is 2.69. The van der Waals surface area contributed by atoms with Gasteiger partial charge in [0, 0.05) is 6.20 Å². The van der Waals surface area contributed by atoms with Crippen LogP contribution in [-0.4, -0.2) is 17.1 Å². The van der Waals surface area contributed by atoms with Crippen LogP contribution in [0.1, 0.15) is 12.5 Å². The highest BCUT2D eigenvalue weighted by Gasteiger charge is 2.16. The maximum Gasteiger partial charge on any atom is 0.347 e. The van der Waals surface area contributed by atoms with Crippen molar-refractivity contribution in [1.82, 2.24) is 4.98 Å². The second-order valence-electron chi connectivity index (χ2n) is 5.87. The monoisotopic (exact) mass is 417 g/mol. The van der Waals surface area contributed by atoms with E-state index >= 15 is 0 Å². The maximum atomic E-state index is 12.1. The molecule has 144 valence electrons. The van der Waals surface area contributed by atoms with Crippen molar-refractivity contribution < 1.29 is 19.0 Å². The zero-order valence-corrected chi connectivity index (χ0v) is 16.5. The molecule has 1 atom stereocenters. The Bertz CT molecular complexity index is 933. The summed E-state index contributed by atoms with van der Waals surface area (Å²) in [4.78, 5) is 16.1. The van der Waals surface area contributed by atoms with E-state index in [9.17, 15) is 4.79 Å². The van der Waals surface area contributed by atoms with E-state index in [4.69, 9.17) is 37.4 Å². The van der Waals surface area contributed by atoms with Crippen LogP contribution in [0.15, 0.2) is 66.9 Å². The fraction of sp³-hybridized carbons (Fsp3) is 0.143. The molecule has 1 aromatic heterocycles. The molecule has 0 fully saturated rings. The number of carbonyl (C=O) groups excluding carboxylic acids is 1. The van der Waals surface area contributed by atoms with Crippen molar-refractivity contribution in [2.75, 3.05) is 0 Å². The average molecular weight is 418 g/mol. The fourth-order valence-electron chi connectivity index (χ4n) is 2.27. The lowest BCUT2D eigenvalue weighted by Gasteiger charge is -2.14. The molecule has 7 heteroatoms. The number of hydrogen-bond donors (Lipinski definition) is 0. The summed E-state index contributed by atoms with van der Waals surface area (Å²) in [5.74, 6) is 0.828. The first kappa shape index (κ1) is 20.0. The second kappa shape index (κ2) is 9.44. The molecule has 0 aliphatic rings. The van der Waals surface area contributed by atoms with Crippen molar-refractivity contribution in [3.05, 3.63) is 82.5 Å². The summed E-state index contributed by atoms with van der Waals surface area (Å²) < 4.78 is 16.5. The number of pyridine rings is 1. The molecule has 0 N–H and O–H groups in total. The number of aromatic nitrogens is 1. The van der Waals surface area contributed by atoms with Crippen molar-refractivity contribution in [2.45, 2.75) is 19.6 Å². The maximum absolute atomic E-state index is 12.1. The number of esters is 1. The van der Waals surface area contributed by atoms with Gasteiger partial charge in [-0.3, -0.25) is 0 Å². The molecule has 0 radical (unpaired) electrons. The quantitative estimate of drug-likeness (QED) is 0.462. The molecule has 1 heterocycles. The first-order valence-corrected chi connectivity index (χ1v) is 9.23. The average Bonchev–Trinajstić information content (AvgIpc) is 2.70. The Morgan fingerprint density at radius 3 is 2.39 bits per heavy atom. The Labute approximate surface area is 172 Å². The Morgan fingerprint density at radius 2 is 1.71 bits per heavy atom. The van der Waals surface area contributed by atoms with Crippen molar-refractivity contribution in [3.63, 3.8) is 0 Å². The SMILES string of the molecule is CC(Oc1ccc(Oc2ncc(Cl)cc2Cl)cc1)C(=O)OCc1ccccc1. The van der Waals surface area contributed by atoms with Gasteiger partial charge in [-0.2, -0.15) is 0 Å². The van der Waals surface area contributed by atoms with Gasteiger partial charge in [-0.25, -0.2) is 9.78 Å². The molecule has 0 aliphatic heterocycles. The number of rotatable bonds is 7. The highest BCUT2D eigenvalue weighted by atomic mass is 35.5. The number of benzene rings is 2. The molecule has 0 saturated heterocycles. The Hall–Kier alpha value is -2.76. The minimum atomic E-state index is -0.747. The van der Waals surface area contributed by atoms with E-state index in [2.05, 4.69) is 4.98 Å². The molecule has 0 saturated carbocycles. The lowest BCUT2D eigenvalue weighted by Crippen LogP contribution is -2.26. The molecule has 3 aromatic rings. The summed E-state index contributed by atoms with van der Waals surface area (Å²) in [6, 6.07) is 17.7. The number of hydrogen-bond acceptors (Lipinski definition) is 5. The molecule has 3 rings (SSSR count). The third-order valence-electron chi connectivity index (χ3n) is 3.68. The normalized spacial score (nSPS) is 11.5. The van der Waals surface area contributed by atoms with Gasteiger partial charge < -0.3 is 14.2 Å². The molecule has 0 aliphatic carbocycles. The molecule has 0 spiro atoms. The number of carbonyl (C=O) groups is 1. The van der Waals surface area contributed by atoms with Crippen molar-refractivity contribution in [1.29, 1.82) is 0 Å². The van der Waals surface area contributed by atoms with E-state index in [1.165, 1.54) is 6.20 Å². The van der Waals surface area contributed by atoms with Gasteiger partial charge >= 0.3 is 5.97 Å². The summed E-state index contributed by atoms with van der Waals surface area (Å²) in [6.45, 7) is 1.84. The predicted molar refractivity (Wildman–Crippen MR) is 107 cm³/mol. The molecule has 28 heavy (non-hydrogen) atoms. The van der Waals surface area contributed by atoms with E-state index in [0.717, 1.165) is 5.56 Å². The van der Waals surface area contributed by atoms with Gasteiger partial charge in [0.15, 0.2) is 6.10 Å². The van der Waals surface area contributed by atoms with Crippen molar-refractivity contribution in [2.24, 2.45) is 0 Å². The smallest absolute Gasteiger partial charge is 0.347 e. The van der Waals surface area contributed by atoms with E-state index < -0.39 is 12.1 Å².